The normalized spacial score (nSPS) is 12.5. The highest BCUT2D eigenvalue weighted by Gasteiger charge is 2.33. The number of urea groups is 1. The van der Waals surface area contributed by atoms with Gasteiger partial charge >= 0.3 is 6.03 Å². The van der Waals surface area contributed by atoms with Gasteiger partial charge in [0.25, 0.3) is 5.91 Å². The lowest BCUT2D eigenvalue weighted by molar-refractivity contribution is 0.0956. The molecule has 0 saturated heterocycles. The van der Waals surface area contributed by atoms with Crippen molar-refractivity contribution in [2.75, 3.05) is 23.4 Å². The predicted molar refractivity (Wildman–Crippen MR) is 126 cm³/mol. The molecule has 1 aliphatic heterocycles. The fourth-order valence-electron chi connectivity index (χ4n) is 3.56. The average molecular weight is 479 g/mol. The summed E-state index contributed by atoms with van der Waals surface area (Å²) in [5.41, 5.74) is 0.888. The van der Waals surface area contributed by atoms with Crippen molar-refractivity contribution in [2.45, 2.75) is 6.42 Å². The van der Waals surface area contributed by atoms with Crippen molar-refractivity contribution in [2.24, 2.45) is 0 Å². The number of aliphatic hydroxyl groups excluding tert-OH is 1. The van der Waals surface area contributed by atoms with Gasteiger partial charge in [0.1, 0.15) is 33.4 Å². The zero-order chi connectivity index (χ0) is 23.7. The first-order valence-electron chi connectivity index (χ1n) is 10.4. The highest BCUT2D eigenvalue weighted by molar-refractivity contribution is 7.21. The predicted octanol–water partition coefficient (Wildman–Crippen LogP) is 4.42. The first-order valence-corrected chi connectivity index (χ1v) is 11.2. The zero-order valence-corrected chi connectivity index (χ0v) is 18.4. The summed E-state index contributed by atoms with van der Waals surface area (Å²) in [5.74, 6) is 0.421. The maximum atomic E-state index is 13.4. The van der Waals surface area contributed by atoms with Crippen LogP contribution < -0.4 is 20.3 Å². The third-order valence-electron chi connectivity index (χ3n) is 5.07. The minimum absolute atomic E-state index is 0.0348. The molecular formula is C23H18FN5O4S. The van der Waals surface area contributed by atoms with Gasteiger partial charge in [-0.15, -0.1) is 11.3 Å². The maximum Gasteiger partial charge on any atom is 0.332 e. The largest absolute Gasteiger partial charge is 0.457 e. The Labute approximate surface area is 196 Å². The monoisotopic (exact) mass is 479 g/mol. The van der Waals surface area contributed by atoms with E-state index in [1.165, 1.54) is 23.4 Å². The number of carbonyl (C=O) groups excluding carboxylic acids is 2. The number of aromatic nitrogens is 2. The van der Waals surface area contributed by atoms with E-state index in [1.807, 2.05) is 0 Å². The summed E-state index contributed by atoms with van der Waals surface area (Å²) in [7, 11) is 0. The van der Waals surface area contributed by atoms with Crippen molar-refractivity contribution < 1.29 is 23.8 Å². The average Bonchev–Trinajstić information content (AvgIpc) is 3.20. The van der Waals surface area contributed by atoms with Crippen molar-refractivity contribution in [3.8, 4) is 11.5 Å². The van der Waals surface area contributed by atoms with Gasteiger partial charge in [-0.3, -0.25) is 4.79 Å². The minimum atomic E-state index is -0.478. The Morgan fingerprint density at radius 2 is 2.00 bits per heavy atom. The number of nitrogens with zero attached hydrogens (tertiary/aromatic N) is 3. The van der Waals surface area contributed by atoms with Gasteiger partial charge in [0.15, 0.2) is 5.82 Å². The number of rotatable bonds is 7. The van der Waals surface area contributed by atoms with Crippen LogP contribution in [0.25, 0.3) is 10.2 Å². The molecule has 34 heavy (non-hydrogen) atoms. The Hall–Kier alpha value is -4.09. The summed E-state index contributed by atoms with van der Waals surface area (Å²) >= 11 is 1.16. The van der Waals surface area contributed by atoms with E-state index in [0.29, 0.717) is 56.8 Å². The molecule has 0 unspecified atom stereocenters. The van der Waals surface area contributed by atoms with Crippen LogP contribution in [0.4, 0.5) is 26.4 Å². The number of halogens is 1. The molecule has 3 N–H and O–H groups in total. The number of aliphatic hydroxyl groups is 1. The summed E-state index contributed by atoms with van der Waals surface area (Å²) in [5, 5.41) is 15.0. The van der Waals surface area contributed by atoms with Crippen LogP contribution in [0.1, 0.15) is 16.1 Å². The lowest BCUT2D eigenvalue weighted by Gasteiger charge is -2.27. The number of hydrogen-bond acceptors (Lipinski definition) is 7. The van der Waals surface area contributed by atoms with E-state index in [1.54, 1.807) is 36.4 Å². The third kappa shape index (κ3) is 4.02. The minimum Gasteiger partial charge on any atom is -0.457 e. The standard InChI is InChI=1S/C23H18FN5O4S/c24-13-3-1-4-16(11-13)33-15-7-5-14(6-8-15)29-20-17-18(28-23(29)32)19(21(31)25-9-2-10-30)34-22(17)27-12-26-20/h1,3-8,11-12,30H,2,9-10H2,(H,25,31)(H,28,32). The number of nitrogens with one attached hydrogen (secondary N) is 2. The highest BCUT2D eigenvalue weighted by Crippen LogP contribution is 2.44. The molecule has 1 aliphatic rings. The van der Waals surface area contributed by atoms with Gasteiger partial charge in [-0.25, -0.2) is 24.1 Å². The molecule has 5 rings (SSSR count). The van der Waals surface area contributed by atoms with Crippen LogP contribution in [0.2, 0.25) is 0 Å². The van der Waals surface area contributed by atoms with E-state index in [-0.39, 0.29) is 12.5 Å². The lowest BCUT2D eigenvalue weighted by atomic mass is 10.2. The number of carbonyl (C=O) groups is 2. The van der Waals surface area contributed by atoms with Crippen LogP contribution in [0.3, 0.4) is 0 Å². The molecule has 3 heterocycles. The van der Waals surface area contributed by atoms with Crippen molar-refractivity contribution in [1.29, 1.82) is 0 Å². The van der Waals surface area contributed by atoms with Gasteiger partial charge in [0.05, 0.1) is 16.8 Å². The Balaban J connectivity index is 1.46. The van der Waals surface area contributed by atoms with Crippen molar-refractivity contribution in [3.05, 3.63) is 65.6 Å². The topological polar surface area (TPSA) is 117 Å². The summed E-state index contributed by atoms with van der Waals surface area (Å²) in [6.45, 7) is 0.276. The molecule has 0 saturated carbocycles. The number of amides is 3. The van der Waals surface area contributed by atoms with Gasteiger partial charge in [-0.05, 0) is 42.8 Å². The molecule has 2 aromatic heterocycles. The van der Waals surface area contributed by atoms with Gasteiger partial charge in [-0.1, -0.05) is 6.07 Å². The summed E-state index contributed by atoms with van der Waals surface area (Å²) in [6.07, 6.45) is 1.77. The van der Waals surface area contributed by atoms with Crippen LogP contribution in [-0.2, 0) is 0 Å². The van der Waals surface area contributed by atoms with Gasteiger partial charge in [-0.2, -0.15) is 0 Å². The molecule has 0 fully saturated rings. The molecule has 9 nitrogen and oxygen atoms in total. The fraction of sp³-hybridized carbons (Fsp3) is 0.130. The number of anilines is 3. The van der Waals surface area contributed by atoms with Crippen molar-refractivity contribution in [1.82, 2.24) is 15.3 Å². The zero-order valence-electron chi connectivity index (χ0n) is 17.6. The first kappa shape index (κ1) is 21.7. The Morgan fingerprint density at radius 3 is 2.76 bits per heavy atom. The maximum absolute atomic E-state index is 13.4. The Bertz CT molecular complexity index is 1390. The summed E-state index contributed by atoms with van der Waals surface area (Å²) < 4.78 is 19.1. The van der Waals surface area contributed by atoms with E-state index in [4.69, 9.17) is 9.84 Å². The van der Waals surface area contributed by atoms with Crippen LogP contribution in [0.5, 0.6) is 11.5 Å². The van der Waals surface area contributed by atoms with E-state index >= 15 is 0 Å². The molecule has 2 aromatic carbocycles. The van der Waals surface area contributed by atoms with Gasteiger partial charge in [0.2, 0.25) is 0 Å². The second-order valence-electron chi connectivity index (χ2n) is 7.34. The molecule has 11 heteroatoms. The number of thiophene rings is 1. The number of benzene rings is 2. The van der Waals surface area contributed by atoms with Crippen LogP contribution in [0.15, 0.2) is 54.9 Å². The second-order valence-corrected chi connectivity index (χ2v) is 8.33. The molecule has 172 valence electrons. The molecule has 0 spiro atoms. The third-order valence-corrected chi connectivity index (χ3v) is 6.17. The van der Waals surface area contributed by atoms with E-state index in [0.717, 1.165) is 11.3 Å². The second kappa shape index (κ2) is 9.04. The summed E-state index contributed by atoms with van der Waals surface area (Å²) in [4.78, 5) is 36.6. The van der Waals surface area contributed by atoms with Crippen molar-refractivity contribution in [3.63, 3.8) is 0 Å². The molecule has 4 aromatic rings. The van der Waals surface area contributed by atoms with E-state index in [9.17, 15) is 14.0 Å². The molecule has 0 bridgehead atoms. The van der Waals surface area contributed by atoms with Gasteiger partial charge < -0.3 is 20.5 Å². The Morgan fingerprint density at radius 1 is 1.18 bits per heavy atom. The summed E-state index contributed by atoms with van der Waals surface area (Å²) in [6, 6.07) is 12.0. The highest BCUT2D eigenvalue weighted by atomic mass is 32.1. The number of hydrogen-bond donors (Lipinski definition) is 3. The smallest absolute Gasteiger partial charge is 0.332 e. The van der Waals surface area contributed by atoms with Crippen LogP contribution in [-0.4, -0.2) is 40.2 Å². The quantitative estimate of drug-likeness (QED) is 0.338. The van der Waals surface area contributed by atoms with Gasteiger partial charge in [0, 0.05) is 19.2 Å². The Kier molecular flexibility index (Phi) is 5.78. The molecule has 0 radical (unpaired) electrons. The number of ether oxygens (including phenoxy) is 1. The van der Waals surface area contributed by atoms with Crippen LogP contribution >= 0.6 is 11.3 Å². The lowest BCUT2D eigenvalue weighted by Crippen LogP contribution is -2.35. The molecule has 0 atom stereocenters. The van der Waals surface area contributed by atoms with Crippen LogP contribution in [0, 0.1) is 5.82 Å². The van der Waals surface area contributed by atoms with E-state index < -0.39 is 11.8 Å². The SMILES string of the molecule is O=C(NCCCO)c1sc2ncnc3c2c1NC(=O)N3c1ccc(Oc2cccc(F)c2)cc1. The molecule has 0 aliphatic carbocycles. The molecular weight excluding hydrogens is 461 g/mol. The first-order chi connectivity index (χ1) is 16.5. The fourth-order valence-corrected chi connectivity index (χ4v) is 4.57. The molecule has 3 amide bonds. The van der Waals surface area contributed by atoms with Crippen molar-refractivity contribution >= 4 is 50.7 Å². The van der Waals surface area contributed by atoms with E-state index in [2.05, 4.69) is 20.6 Å².